The lowest BCUT2D eigenvalue weighted by molar-refractivity contribution is 0.814. The maximum Gasteiger partial charge on any atom is 0.135 e. The van der Waals surface area contributed by atoms with Crippen LogP contribution in [0.1, 0.15) is 43.3 Å². The summed E-state index contributed by atoms with van der Waals surface area (Å²) in [6.45, 7) is 6.32. The van der Waals surface area contributed by atoms with Crippen molar-refractivity contribution in [1.82, 2.24) is 9.97 Å². The second-order valence-electron chi connectivity index (χ2n) is 4.12. The van der Waals surface area contributed by atoms with Crippen molar-refractivity contribution in [3.8, 4) is 0 Å². The number of rotatable bonds is 2. The highest BCUT2D eigenvalue weighted by Crippen LogP contribution is 2.45. The third-order valence-electron chi connectivity index (χ3n) is 2.98. The highest BCUT2D eigenvalue weighted by molar-refractivity contribution is 6.30. The zero-order chi connectivity index (χ0) is 10.3. The van der Waals surface area contributed by atoms with Crippen LogP contribution in [0.4, 0.5) is 0 Å². The molecule has 76 valence electrons. The molecule has 1 heterocycles. The predicted octanol–water partition coefficient (Wildman–Crippen LogP) is 3.12. The Morgan fingerprint density at radius 2 is 2.07 bits per heavy atom. The molecule has 2 unspecified atom stereocenters. The Kier molecular flexibility index (Phi) is 2.48. The summed E-state index contributed by atoms with van der Waals surface area (Å²) < 4.78 is 0. The molecule has 0 aromatic carbocycles. The van der Waals surface area contributed by atoms with Gasteiger partial charge in [-0.1, -0.05) is 25.4 Å². The summed E-state index contributed by atoms with van der Waals surface area (Å²) in [7, 11) is 0. The number of halogens is 1. The summed E-state index contributed by atoms with van der Waals surface area (Å²) in [5.74, 6) is 2.24. The molecule has 1 fully saturated rings. The molecular formula is C11H15ClN2. The van der Waals surface area contributed by atoms with Gasteiger partial charge in [0, 0.05) is 17.2 Å². The Morgan fingerprint density at radius 1 is 1.43 bits per heavy atom. The molecule has 0 spiro atoms. The van der Waals surface area contributed by atoms with Gasteiger partial charge in [-0.3, -0.25) is 0 Å². The van der Waals surface area contributed by atoms with Gasteiger partial charge >= 0.3 is 0 Å². The van der Waals surface area contributed by atoms with Gasteiger partial charge < -0.3 is 0 Å². The summed E-state index contributed by atoms with van der Waals surface area (Å²) in [5, 5.41) is 0.631. The highest BCUT2D eigenvalue weighted by atomic mass is 35.5. The fourth-order valence-electron chi connectivity index (χ4n) is 1.74. The van der Waals surface area contributed by atoms with E-state index in [-0.39, 0.29) is 0 Å². The third-order valence-corrected chi connectivity index (χ3v) is 3.35. The zero-order valence-electron chi connectivity index (χ0n) is 8.84. The molecule has 1 aromatic heterocycles. The molecule has 1 aromatic rings. The first kappa shape index (κ1) is 9.91. The molecule has 14 heavy (non-hydrogen) atoms. The van der Waals surface area contributed by atoms with E-state index in [0.717, 1.165) is 29.4 Å². The molecular weight excluding hydrogens is 196 g/mol. The molecule has 1 aliphatic carbocycles. The molecule has 0 saturated heterocycles. The molecule has 2 rings (SSSR count). The number of aromatic nitrogens is 2. The maximum absolute atomic E-state index is 6.07. The van der Waals surface area contributed by atoms with Crippen LogP contribution in [-0.2, 0) is 6.42 Å². The molecule has 0 radical (unpaired) electrons. The standard InChI is InChI=1S/C11H15ClN2/c1-4-9-7(3)10(12)14-11(13-9)8-5-6(8)2/h6,8H,4-5H2,1-3H3. The van der Waals surface area contributed by atoms with Crippen LogP contribution in [0.5, 0.6) is 0 Å². The Balaban J connectivity index is 2.38. The summed E-state index contributed by atoms with van der Waals surface area (Å²) in [6, 6.07) is 0. The van der Waals surface area contributed by atoms with E-state index >= 15 is 0 Å². The van der Waals surface area contributed by atoms with Gasteiger partial charge in [0.15, 0.2) is 0 Å². The van der Waals surface area contributed by atoms with Crippen LogP contribution in [0, 0.1) is 12.8 Å². The normalized spacial score (nSPS) is 25.1. The van der Waals surface area contributed by atoms with E-state index in [0.29, 0.717) is 11.1 Å². The monoisotopic (exact) mass is 210 g/mol. The molecule has 1 saturated carbocycles. The quantitative estimate of drug-likeness (QED) is 0.701. The van der Waals surface area contributed by atoms with Gasteiger partial charge in [0.2, 0.25) is 0 Å². The van der Waals surface area contributed by atoms with Crippen molar-refractivity contribution in [2.24, 2.45) is 5.92 Å². The molecule has 3 heteroatoms. The Hall–Kier alpha value is -0.630. The summed E-state index contributed by atoms with van der Waals surface area (Å²) in [6.07, 6.45) is 2.14. The van der Waals surface area contributed by atoms with Crippen molar-refractivity contribution >= 4 is 11.6 Å². The average Bonchev–Trinajstić information content (AvgIpc) is 2.87. The molecule has 2 nitrogen and oxygen atoms in total. The average molecular weight is 211 g/mol. The Bertz CT molecular complexity index is 363. The van der Waals surface area contributed by atoms with Crippen LogP contribution < -0.4 is 0 Å². The fourth-order valence-corrected chi connectivity index (χ4v) is 1.94. The lowest BCUT2D eigenvalue weighted by Crippen LogP contribution is -2.02. The van der Waals surface area contributed by atoms with Gasteiger partial charge in [-0.15, -0.1) is 0 Å². The van der Waals surface area contributed by atoms with Crippen LogP contribution in [0.25, 0.3) is 0 Å². The van der Waals surface area contributed by atoms with Crippen molar-refractivity contribution in [3.05, 3.63) is 22.2 Å². The molecule has 0 amide bonds. The minimum Gasteiger partial charge on any atom is -0.237 e. The lowest BCUT2D eigenvalue weighted by atomic mass is 10.2. The summed E-state index contributed by atoms with van der Waals surface area (Å²) >= 11 is 6.07. The Labute approximate surface area is 89.7 Å². The molecule has 0 aliphatic heterocycles. The van der Waals surface area contributed by atoms with E-state index in [1.54, 1.807) is 0 Å². The summed E-state index contributed by atoms with van der Waals surface area (Å²) in [4.78, 5) is 8.92. The van der Waals surface area contributed by atoms with Gasteiger partial charge in [-0.05, 0) is 25.7 Å². The molecule has 0 N–H and O–H groups in total. The topological polar surface area (TPSA) is 25.8 Å². The molecule has 0 bridgehead atoms. The third kappa shape index (κ3) is 1.63. The first-order valence-electron chi connectivity index (χ1n) is 5.16. The lowest BCUT2D eigenvalue weighted by Gasteiger charge is -2.06. The van der Waals surface area contributed by atoms with Gasteiger partial charge in [0.1, 0.15) is 11.0 Å². The smallest absolute Gasteiger partial charge is 0.135 e. The van der Waals surface area contributed by atoms with Crippen molar-refractivity contribution in [3.63, 3.8) is 0 Å². The van der Waals surface area contributed by atoms with Crippen LogP contribution >= 0.6 is 11.6 Å². The van der Waals surface area contributed by atoms with Gasteiger partial charge in [0.25, 0.3) is 0 Å². The van der Waals surface area contributed by atoms with Crippen molar-refractivity contribution in [2.75, 3.05) is 0 Å². The number of nitrogens with zero attached hydrogens (tertiary/aromatic N) is 2. The largest absolute Gasteiger partial charge is 0.237 e. The second kappa shape index (κ2) is 3.50. The fraction of sp³-hybridized carbons (Fsp3) is 0.636. The molecule has 1 aliphatic rings. The second-order valence-corrected chi connectivity index (χ2v) is 4.48. The van der Waals surface area contributed by atoms with Crippen molar-refractivity contribution in [2.45, 2.75) is 39.5 Å². The van der Waals surface area contributed by atoms with Crippen LogP contribution in [0.2, 0.25) is 5.15 Å². The van der Waals surface area contributed by atoms with E-state index in [9.17, 15) is 0 Å². The zero-order valence-corrected chi connectivity index (χ0v) is 9.60. The van der Waals surface area contributed by atoms with Gasteiger partial charge in [-0.25, -0.2) is 9.97 Å². The number of hydrogen-bond acceptors (Lipinski definition) is 2. The van der Waals surface area contributed by atoms with Crippen molar-refractivity contribution < 1.29 is 0 Å². The highest BCUT2D eigenvalue weighted by Gasteiger charge is 2.37. The SMILES string of the molecule is CCc1nc(C2CC2C)nc(Cl)c1C. The van der Waals surface area contributed by atoms with E-state index in [1.807, 2.05) is 6.92 Å². The minimum atomic E-state index is 0.554. The van der Waals surface area contributed by atoms with Crippen molar-refractivity contribution in [1.29, 1.82) is 0 Å². The maximum atomic E-state index is 6.07. The van der Waals surface area contributed by atoms with E-state index in [4.69, 9.17) is 11.6 Å². The predicted molar refractivity (Wildman–Crippen MR) is 57.7 cm³/mol. The van der Waals surface area contributed by atoms with Crippen LogP contribution in [0.3, 0.4) is 0 Å². The number of aryl methyl sites for hydroxylation is 1. The Morgan fingerprint density at radius 3 is 2.57 bits per heavy atom. The van der Waals surface area contributed by atoms with Crippen LogP contribution in [-0.4, -0.2) is 9.97 Å². The van der Waals surface area contributed by atoms with Gasteiger partial charge in [-0.2, -0.15) is 0 Å². The van der Waals surface area contributed by atoms with Crippen LogP contribution in [0.15, 0.2) is 0 Å². The number of hydrogen-bond donors (Lipinski definition) is 0. The van der Waals surface area contributed by atoms with E-state index in [1.165, 1.54) is 6.42 Å². The molecule has 2 atom stereocenters. The first-order valence-corrected chi connectivity index (χ1v) is 5.54. The van der Waals surface area contributed by atoms with E-state index in [2.05, 4.69) is 23.8 Å². The van der Waals surface area contributed by atoms with Gasteiger partial charge in [0.05, 0.1) is 0 Å². The minimum absolute atomic E-state index is 0.554. The summed E-state index contributed by atoms with van der Waals surface area (Å²) in [5.41, 5.74) is 2.13. The van der Waals surface area contributed by atoms with E-state index < -0.39 is 0 Å². The first-order chi connectivity index (χ1) is 6.63.